The maximum Gasteiger partial charge on any atom is 0 e. The van der Waals surface area contributed by atoms with Gasteiger partial charge in [0.05, 0.1) is 0 Å². The summed E-state index contributed by atoms with van der Waals surface area (Å²) in [5.41, 5.74) is 12.1. The second kappa shape index (κ2) is 18.3. The molecule has 0 bridgehead atoms. The van der Waals surface area contributed by atoms with Crippen LogP contribution in [0.1, 0.15) is 36.0 Å². The first-order valence-corrected chi connectivity index (χ1v) is 28.3. The van der Waals surface area contributed by atoms with Gasteiger partial charge in [-0.1, -0.05) is 98.5 Å². The molecule has 0 saturated carbocycles. The molecule has 6 aromatic carbocycles. The summed E-state index contributed by atoms with van der Waals surface area (Å²) in [5.74, 6) is 7.00. The van der Waals surface area contributed by atoms with Crippen molar-refractivity contribution in [3.63, 3.8) is 0 Å². The van der Waals surface area contributed by atoms with Crippen molar-refractivity contribution in [2.24, 2.45) is 5.41 Å². The van der Waals surface area contributed by atoms with Gasteiger partial charge in [0.2, 0.25) is 0 Å². The van der Waals surface area contributed by atoms with Gasteiger partial charge < -0.3 is 4.98 Å². The zero-order valence-corrected chi connectivity index (χ0v) is 40.2. The SMILES string of the molecule is CC(C)(C)Cc1ccnc(-c2[c-]ccc3c2sc2c(-c4ccccc4)cc(-c4ccccc4)cc23)c1.[2H]C([2H])([2H])c1c[c-]c(-c2cc[c]([Ge]([CH3])([CH3])[CH3])cn2)cc1-c1ccccc1.[Ir]. The predicted octanol–water partition coefficient (Wildman–Crippen LogP) is 14.9. The number of pyridine rings is 2. The topological polar surface area (TPSA) is 25.8 Å². The van der Waals surface area contributed by atoms with Crippen LogP contribution in [0.5, 0.6) is 0 Å². The minimum absolute atomic E-state index is 0. The molecule has 9 rings (SSSR count). The predicted molar refractivity (Wildman–Crippen MR) is 257 cm³/mol. The first kappa shape index (κ1) is 39.2. The largest absolute Gasteiger partial charge is 0 e. The Kier molecular flexibility index (Phi) is 12.0. The van der Waals surface area contributed by atoms with Crippen LogP contribution in [0.4, 0.5) is 0 Å². The molecule has 1 radical (unpaired) electrons. The molecule has 2 nitrogen and oxygen atoms in total. The fourth-order valence-corrected chi connectivity index (χ4v) is 11.0. The Morgan fingerprint density at radius 2 is 1.30 bits per heavy atom. The number of rotatable bonds is 7. The number of hydrogen-bond donors (Lipinski definition) is 0. The van der Waals surface area contributed by atoms with Crippen LogP contribution < -0.4 is 4.40 Å². The molecule has 3 aromatic heterocycles. The van der Waals surface area contributed by atoms with Crippen LogP contribution in [-0.4, -0.2) is 23.2 Å². The summed E-state index contributed by atoms with van der Waals surface area (Å²) in [6, 6.07) is 58.6. The fraction of sp³-hybridized carbons (Fsp3) is 0.164. The maximum atomic E-state index is 7.84. The van der Waals surface area contributed by atoms with Crippen LogP contribution in [0.3, 0.4) is 0 Å². The zero-order valence-electron chi connectivity index (χ0n) is 37.9. The molecule has 5 heteroatoms. The molecular formula is C55H50GeIrN2S-2. The van der Waals surface area contributed by atoms with E-state index in [1.807, 2.05) is 66.2 Å². The Morgan fingerprint density at radius 3 is 1.92 bits per heavy atom. The zero-order chi connectivity index (χ0) is 43.6. The first-order chi connectivity index (χ1) is 29.6. The van der Waals surface area contributed by atoms with Gasteiger partial charge in [-0.2, -0.15) is 11.3 Å². The van der Waals surface area contributed by atoms with Gasteiger partial charge in [0, 0.05) is 31.0 Å². The van der Waals surface area contributed by atoms with E-state index >= 15 is 0 Å². The summed E-state index contributed by atoms with van der Waals surface area (Å²) in [6.45, 7) is 4.65. The van der Waals surface area contributed by atoms with Crippen molar-refractivity contribution < 1.29 is 24.2 Å². The molecule has 0 saturated heterocycles. The van der Waals surface area contributed by atoms with Crippen molar-refractivity contribution in [1.82, 2.24) is 9.97 Å². The van der Waals surface area contributed by atoms with Gasteiger partial charge in [-0.15, -0.1) is 23.8 Å². The summed E-state index contributed by atoms with van der Waals surface area (Å²) in [4.78, 5) is 9.40. The average Bonchev–Trinajstić information content (AvgIpc) is 3.65. The summed E-state index contributed by atoms with van der Waals surface area (Å²) < 4.78 is 27.4. The van der Waals surface area contributed by atoms with Gasteiger partial charge in [0.1, 0.15) is 0 Å². The minimum atomic E-state index is -2.18. The monoisotopic (exact) mass is 1040 g/mol. The van der Waals surface area contributed by atoms with E-state index < -0.39 is 20.1 Å². The van der Waals surface area contributed by atoms with Gasteiger partial charge in [0.15, 0.2) is 0 Å². The molecule has 3 heterocycles. The van der Waals surface area contributed by atoms with E-state index in [1.54, 1.807) is 6.07 Å². The Hall–Kier alpha value is -4.97. The van der Waals surface area contributed by atoms with Crippen LogP contribution >= 0.6 is 11.3 Å². The van der Waals surface area contributed by atoms with Crippen LogP contribution in [-0.2, 0) is 26.5 Å². The Bertz CT molecular complexity index is 2970. The first-order valence-electron chi connectivity index (χ1n) is 21.7. The summed E-state index contributed by atoms with van der Waals surface area (Å²) >= 11 is -0.0490. The smallest absolute Gasteiger partial charge is 0 e. The Morgan fingerprint density at radius 1 is 0.633 bits per heavy atom. The van der Waals surface area contributed by atoms with Gasteiger partial charge >= 0.3 is 146 Å². The van der Waals surface area contributed by atoms with Crippen molar-refractivity contribution in [2.75, 3.05) is 0 Å². The third-order valence-electron chi connectivity index (χ3n) is 10.5. The molecule has 0 fully saturated rings. The molecule has 9 aromatic rings. The second-order valence-electron chi connectivity index (χ2n) is 17.3. The average molecular weight is 1040 g/mol. The standard InChI is InChI=1S/C34H28NS.C21H22GeN.Ir/c1-34(2,3)22-23-17-18-35-31(19-23)28-16-10-15-27-30-21-26(24-11-6-4-7-12-24)20-29(33(30)36-32(27)28)25-13-8-5-9-14-25;1-16-10-11-18(14-20(16)17-8-6-5-7-9-17)21-13-12-19(15-23-21)22(2,3)4;/h4-15,17-21H,22H2,1-3H3;5-10,12-15H,1-4H3;/q2*-1;/i;1D3;. The number of hydrogen-bond acceptors (Lipinski definition) is 3. The maximum absolute atomic E-state index is 7.84. The van der Waals surface area contributed by atoms with Gasteiger partial charge in [-0.25, -0.2) is 0 Å². The van der Waals surface area contributed by atoms with E-state index in [9.17, 15) is 0 Å². The molecule has 0 amide bonds. The number of thiophene rings is 1. The minimum Gasteiger partial charge on any atom is 0 e. The van der Waals surface area contributed by atoms with E-state index in [2.05, 4.69) is 158 Å². The van der Waals surface area contributed by atoms with Crippen molar-refractivity contribution in [3.8, 4) is 55.9 Å². The number of nitrogens with zero attached hydrogens (tertiary/aromatic N) is 2. The third kappa shape index (κ3) is 9.80. The van der Waals surface area contributed by atoms with Crippen molar-refractivity contribution in [2.45, 2.75) is 51.3 Å². The summed E-state index contributed by atoms with van der Waals surface area (Å²) in [5, 5.41) is 2.55. The van der Waals surface area contributed by atoms with E-state index in [0.717, 1.165) is 34.5 Å². The molecule has 301 valence electrons. The van der Waals surface area contributed by atoms with Crippen LogP contribution in [0.2, 0.25) is 17.3 Å². The van der Waals surface area contributed by atoms with Crippen LogP contribution in [0, 0.1) is 24.4 Å². The van der Waals surface area contributed by atoms with Crippen molar-refractivity contribution in [3.05, 3.63) is 187 Å². The van der Waals surface area contributed by atoms with E-state index in [0.29, 0.717) is 11.1 Å². The Labute approximate surface area is 380 Å². The van der Waals surface area contributed by atoms with E-state index in [1.165, 1.54) is 52.4 Å². The van der Waals surface area contributed by atoms with Gasteiger partial charge in [0.25, 0.3) is 0 Å². The molecule has 0 spiro atoms. The molecule has 0 aliphatic heterocycles. The van der Waals surface area contributed by atoms with E-state index in [-0.39, 0.29) is 25.5 Å². The molecule has 0 aliphatic carbocycles. The second-order valence-corrected chi connectivity index (χ2v) is 29.0. The third-order valence-corrected chi connectivity index (χ3v) is 16.0. The summed E-state index contributed by atoms with van der Waals surface area (Å²) in [6.07, 6.45) is 4.92. The van der Waals surface area contributed by atoms with Gasteiger partial charge in [-0.3, -0.25) is 0 Å². The number of benzene rings is 6. The quantitative estimate of drug-likeness (QED) is 0.117. The fourth-order valence-electron chi connectivity index (χ4n) is 7.49. The number of fused-ring (bicyclic) bond motifs is 3. The molecular weight excluding hydrogens is 986 g/mol. The Balaban J connectivity index is 0.000000196. The summed E-state index contributed by atoms with van der Waals surface area (Å²) in [7, 11) is 0. The molecule has 0 N–H and O–H groups in total. The molecule has 0 aliphatic rings. The van der Waals surface area contributed by atoms with Crippen molar-refractivity contribution in [1.29, 1.82) is 0 Å². The van der Waals surface area contributed by atoms with Crippen LogP contribution in [0.25, 0.3) is 76.1 Å². The normalized spacial score (nSPS) is 12.5. The van der Waals surface area contributed by atoms with Gasteiger partial charge in [-0.05, 0) is 68.1 Å². The van der Waals surface area contributed by atoms with E-state index in [4.69, 9.17) is 9.10 Å². The number of aryl methyl sites for hydroxylation is 1. The van der Waals surface area contributed by atoms with Crippen molar-refractivity contribution >= 4 is 49.2 Å². The molecule has 60 heavy (non-hydrogen) atoms. The molecule has 0 unspecified atom stereocenters. The molecule has 0 atom stereocenters. The number of aromatic nitrogens is 2. The van der Waals surface area contributed by atoms with Crippen LogP contribution in [0.15, 0.2) is 164 Å².